The topological polar surface area (TPSA) is 64.6 Å². The predicted octanol–water partition coefficient (Wildman–Crippen LogP) is 10.6. The third-order valence-corrected chi connectivity index (χ3v) is 13.2. The molecule has 1 saturated heterocycles. The van der Waals surface area contributed by atoms with Crippen molar-refractivity contribution in [2.24, 2.45) is 5.41 Å². The highest BCUT2D eigenvalue weighted by Gasteiger charge is 2.40. The smallest absolute Gasteiger partial charge is 0.491 e. The van der Waals surface area contributed by atoms with E-state index in [1.54, 1.807) is 0 Å². The second-order valence-electron chi connectivity index (χ2n) is 11.1. The zero-order chi connectivity index (χ0) is 32.7. The van der Waals surface area contributed by atoms with Crippen LogP contribution in [0, 0.1) is 5.41 Å². The Bertz CT molecular complexity index is 1110. The van der Waals surface area contributed by atoms with Gasteiger partial charge in [-0.15, -0.1) is 0 Å². The molecule has 2 aromatic carbocycles. The number of halogens is 4. The first kappa shape index (κ1) is 39.4. The van der Waals surface area contributed by atoms with Crippen molar-refractivity contribution in [2.75, 3.05) is 59.5 Å². The van der Waals surface area contributed by atoms with Crippen molar-refractivity contribution in [1.29, 1.82) is 0 Å². The minimum Gasteiger partial charge on any atom is -0.491 e. The van der Waals surface area contributed by atoms with E-state index < -0.39 is 8.80 Å². The summed E-state index contributed by atoms with van der Waals surface area (Å²) in [6.45, 7) is 14.2. The fraction of sp³-hybridized carbons (Fsp3) is 0.636. The number of ether oxygens (including phenoxy) is 4. The molecule has 12 heteroatoms. The molecule has 7 nitrogen and oxygen atoms in total. The zero-order valence-electron chi connectivity index (χ0n) is 27.0. The molecule has 0 amide bonds. The van der Waals surface area contributed by atoms with Crippen LogP contribution in [0.1, 0.15) is 66.2 Å². The first-order valence-corrected chi connectivity index (χ1v) is 21.1. The standard InChI is InChI=1S/C33H48Br4O7Si/c1-5-33(22-39-23-33)24-41-32-29(36)20-26(21-30(32)37)25-18-27(34)31(28(35)19-25)40-16-12-10-9-11-14-38-15-13-17-45(42-6-2,43-7-3)44-8-4/h18-21H,5-17,22-24H2,1-4H3. The van der Waals surface area contributed by atoms with Crippen LogP contribution in [0.5, 0.6) is 11.5 Å². The zero-order valence-corrected chi connectivity index (χ0v) is 34.3. The molecule has 0 N–H and O–H groups in total. The van der Waals surface area contributed by atoms with Gasteiger partial charge in [0, 0.05) is 39.1 Å². The summed E-state index contributed by atoms with van der Waals surface area (Å²) < 4.78 is 45.1. The van der Waals surface area contributed by atoms with Crippen LogP contribution in [0.2, 0.25) is 6.04 Å². The Morgan fingerprint density at radius 2 is 1.11 bits per heavy atom. The van der Waals surface area contributed by atoms with Gasteiger partial charge < -0.3 is 32.2 Å². The van der Waals surface area contributed by atoms with Crippen LogP contribution in [0.15, 0.2) is 42.2 Å². The fourth-order valence-electron chi connectivity index (χ4n) is 5.06. The summed E-state index contributed by atoms with van der Waals surface area (Å²) in [5, 5.41) is 0. The molecule has 1 heterocycles. The number of unbranched alkanes of at least 4 members (excludes halogenated alkanes) is 3. The fourth-order valence-corrected chi connectivity index (χ4v) is 10.5. The van der Waals surface area contributed by atoms with Crippen molar-refractivity contribution >= 4 is 72.5 Å². The van der Waals surface area contributed by atoms with Gasteiger partial charge in [0.15, 0.2) is 0 Å². The highest BCUT2D eigenvalue weighted by molar-refractivity contribution is 9.11. The van der Waals surface area contributed by atoms with Gasteiger partial charge in [0.1, 0.15) is 11.5 Å². The largest absolute Gasteiger partial charge is 0.501 e. The lowest BCUT2D eigenvalue weighted by atomic mass is 9.84. The maximum absolute atomic E-state index is 6.23. The molecule has 0 atom stereocenters. The van der Waals surface area contributed by atoms with Gasteiger partial charge in [-0.1, -0.05) is 13.3 Å². The number of hydrogen-bond donors (Lipinski definition) is 0. The van der Waals surface area contributed by atoms with Crippen LogP contribution in [0.3, 0.4) is 0 Å². The molecule has 0 aliphatic carbocycles. The van der Waals surface area contributed by atoms with Crippen molar-refractivity contribution in [3.63, 3.8) is 0 Å². The number of hydrogen-bond acceptors (Lipinski definition) is 7. The minimum atomic E-state index is -2.57. The molecule has 1 fully saturated rings. The summed E-state index contributed by atoms with van der Waals surface area (Å²) in [6.07, 6.45) is 6.14. The normalized spacial score (nSPS) is 14.4. The third-order valence-electron chi connectivity index (χ3n) is 7.71. The van der Waals surface area contributed by atoms with Gasteiger partial charge in [0.05, 0.1) is 49.7 Å². The highest BCUT2D eigenvalue weighted by atomic mass is 79.9. The quantitative estimate of drug-likeness (QED) is 0.0813. The molecule has 0 unspecified atom stereocenters. The summed E-state index contributed by atoms with van der Waals surface area (Å²) in [5.74, 6) is 1.63. The van der Waals surface area contributed by atoms with E-state index in [1.807, 2.05) is 20.8 Å². The van der Waals surface area contributed by atoms with Crippen molar-refractivity contribution in [2.45, 2.75) is 72.3 Å². The van der Waals surface area contributed by atoms with E-state index in [4.69, 9.17) is 32.2 Å². The van der Waals surface area contributed by atoms with Crippen LogP contribution >= 0.6 is 63.7 Å². The SMILES string of the molecule is CCO[Si](CCCOCCCCCCOc1c(Br)cc(-c2cc(Br)c(OCC3(CC)COC3)c(Br)c2)cc1Br)(OCC)OCC. The van der Waals surface area contributed by atoms with Gasteiger partial charge in [0.25, 0.3) is 0 Å². The van der Waals surface area contributed by atoms with Crippen molar-refractivity contribution < 1.29 is 32.2 Å². The molecule has 0 radical (unpaired) electrons. The molecule has 0 bridgehead atoms. The number of benzene rings is 2. The van der Waals surface area contributed by atoms with E-state index in [9.17, 15) is 0 Å². The van der Waals surface area contributed by atoms with E-state index in [2.05, 4.69) is 94.9 Å². The second-order valence-corrected chi connectivity index (χ2v) is 17.3. The molecular formula is C33H48Br4O7Si. The van der Waals surface area contributed by atoms with E-state index in [0.29, 0.717) is 39.6 Å². The molecule has 1 aliphatic rings. The predicted molar refractivity (Wildman–Crippen MR) is 197 cm³/mol. The Morgan fingerprint density at radius 3 is 1.56 bits per heavy atom. The summed E-state index contributed by atoms with van der Waals surface area (Å²) in [4.78, 5) is 0. The molecular weight excluding hydrogens is 856 g/mol. The van der Waals surface area contributed by atoms with Crippen LogP contribution in [0.25, 0.3) is 11.1 Å². The Hall–Kier alpha value is -0.0231. The molecule has 2 aromatic rings. The van der Waals surface area contributed by atoms with Crippen molar-refractivity contribution in [1.82, 2.24) is 0 Å². The third kappa shape index (κ3) is 12.1. The molecule has 0 aromatic heterocycles. The van der Waals surface area contributed by atoms with Gasteiger partial charge in [0.2, 0.25) is 0 Å². The van der Waals surface area contributed by atoms with Crippen molar-refractivity contribution in [3.8, 4) is 22.6 Å². The van der Waals surface area contributed by atoms with Crippen molar-refractivity contribution in [3.05, 3.63) is 42.2 Å². The average molecular weight is 904 g/mol. The Kier molecular flexibility index (Phi) is 17.9. The monoisotopic (exact) mass is 900 g/mol. The first-order chi connectivity index (χ1) is 21.7. The summed E-state index contributed by atoms with van der Waals surface area (Å²) in [6, 6.07) is 9.15. The van der Waals surface area contributed by atoms with Gasteiger partial charge in [-0.05, 0) is 152 Å². The van der Waals surface area contributed by atoms with Crippen LogP contribution in [0.4, 0.5) is 0 Å². The lowest BCUT2D eigenvalue weighted by Gasteiger charge is -2.40. The molecule has 3 rings (SSSR count). The second kappa shape index (κ2) is 20.5. The molecule has 254 valence electrons. The van der Waals surface area contributed by atoms with E-state index in [0.717, 1.165) is 105 Å². The lowest BCUT2D eigenvalue weighted by molar-refractivity contribution is -0.133. The molecule has 0 spiro atoms. The van der Waals surface area contributed by atoms with Gasteiger partial charge in [-0.25, -0.2) is 0 Å². The highest BCUT2D eigenvalue weighted by Crippen LogP contribution is 2.43. The minimum absolute atomic E-state index is 0.117. The molecule has 0 saturated carbocycles. The van der Waals surface area contributed by atoms with Crippen LogP contribution in [-0.2, 0) is 22.8 Å². The van der Waals surface area contributed by atoms with Gasteiger partial charge >= 0.3 is 8.80 Å². The van der Waals surface area contributed by atoms with E-state index in [1.165, 1.54) is 0 Å². The van der Waals surface area contributed by atoms with E-state index in [-0.39, 0.29) is 5.41 Å². The Balaban J connectivity index is 1.38. The van der Waals surface area contributed by atoms with Gasteiger partial charge in [-0.3, -0.25) is 0 Å². The summed E-state index contributed by atoms with van der Waals surface area (Å²) in [7, 11) is -2.57. The lowest BCUT2D eigenvalue weighted by Crippen LogP contribution is -2.46. The maximum atomic E-state index is 6.23. The molecule has 1 aliphatic heterocycles. The van der Waals surface area contributed by atoms with Crippen LogP contribution < -0.4 is 9.47 Å². The Labute approximate surface area is 304 Å². The van der Waals surface area contributed by atoms with Crippen LogP contribution in [-0.4, -0.2) is 68.3 Å². The number of rotatable bonds is 23. The van der Waals surface area contributed by atoms with E-state index >= 15 is 0 Å². The summed E-state index contributed by atoms with van der Waals surface area (Å²) >= 11 is 14.9. The first-order valence-electron chi connectivity index (χ1n) is 16.0. The maximum Gasteiger partial charge on any atom is 0.501 e. The van der Waals surface area contributed by atoms with Gasteiger partial charge in [-0.2, -0.15) is 0 Å². The average Bonchev–Trinajstić information content (AvgIpc) is 2.98. The molecule has 45 heavy (non-hydrogen) atoms. The summed E-state index contributed by atoms with van der Waals surface area (Å²) in [5.41, 5.74) is 2.24. The Morgan fingerprint density at radius 1 is 0.644 bits per heavy atom.